The predicted molar refractivity (Wildman–Crippen MR) is 60.5 cm³/mol. The lowest BCUT2D eigenvalue weighted by molar-refractivity contribution is -0.0164. The van der Waals surface area contributed by atoms with Crippen molar-refractivity contribution in [3.8, 4) is 0 Å². The second-order valence-corrected chi connectivity index (χ2v) is 4.77. The Bertz CT molecular complexity index is 443. The van der Waals surface area contributed by atoms with Gasteiger partial charge in [0.05, 0.1) is 12.1 Å². The van der Waals surface area contributed by atoms with Crippen molar-refractivity contribution in [1.29, 1.82) is 0 Å². The van der Waals surface area contributed by atoms with E-state index in [9.17, 15) is 4.79 Å². The van der Waals surface area contributed by atoms with Crippen molar-refractivity contribution in [2.45, 2.75) is 31.5 Å². The molecule has 5 nitrogen and oxygen atoms in total. The maximum Gasteiger partial charge on any atom is 0.287 e. The Hall–Kier alpha value is -1.33. The molecule has 1 aromatic rings. The zero-order chi connectivity index (χ0) is 12.0. The lowest BCUT2D eigenvalue weighted by Crippen LogP contribution is -2.68. The van der Waals surface area contributed by atoms with Gasteiger partial charge in [0, 0.05) is 18.6 Å². The van der Waals surface area contributed by atoms with Crippen LogP contribution in [0, 0.1) is 12.8 Å². The van der Waals surface area contributed by atoms with Crippen LogP contribution >= 0.6 is 0 Å². The normalized spacial score (nSPS) is 35.2. The van der Waals surface area contributed by atoms with Gasteiger partial charge in [0.15, 0.2) is 5.76 Å². The van der Waals surface area contributed by atoms with Crippen molar-refractivity contribution in [3.05, 3.63) is 23.7 Å². The number of hydrogen-bond acceptors (Lipinski definition) is 4. The van der Waals surface area contributed by atoms with Gasteiger partial charge < -0.3 is 20.2 Å². The molecule has 2 heterocycles. The lowest BCUT2D eigenvalue weighted by Gasteiger charge is -2.45. The molecule has 4 atom stereocenters. The fraction of sp³-hybridized carbons (Fsp3) is 0.583. The molecule has 1 aliphatic carbocycles. The Labute approximate surface area is 99.3 Å². The average Bonchev–Trinajstić information content (AvgIpc) is 2.92. The van der Waals surface area contributed by atoms with Crippen molar-refractivity contribution in [1.82, 2.24) is 5.32 Å². The standard InChI is InChI=1S/C12H16N2O3/c1-6-2-3-8(17-6)12(15)14-10-9(13)7-4-5-16-11(7)10/h2-3,7,9-11H,4-5,13H2,1H3,(H,14,15). The van der Waals surface area contributed by atoms with Crippen LogP contribution < -0.4 is 11.1 Å². The number of amides is 1. The van der Waals surface area contributed by atoms with Gasteiger partial charge in [-0.2, -0.15) is 0 Å². The first-order chi connectivity index (χ1) is 8.16. The molecule has 5 heteroatoms. The summed E-state index contributed by atoms with van der Waals surface area (Å²) in [7, 11) is 0. The SMILES string of the molecule is Cc1ccc(C(=O)NC2C(N)C3CCOC32)o1. The summed E-state index contributed by atoms with van der Waals surface area (Å²) in [6.45, 7) is 2.55. The molecule has 1 saturated heterocycles. The second-order valence-electron chi connectivity index (χ2n) is 4.77. The molecule has 3 rings (SSSR count). The highest BCUT2D eigenvalue weighted by atomic mass is 16.5. The minimum absolute atomic E-state index is 0.00232. The van der Waals surface area contributed by atoms with E-state index in [1.165, 1.54) is 0 Å². The van der Waals surface area contributed by atoms with Crippen LogP contribution in [0.1, 0.15) is 22.7 Å². The summed E-state index contributed by atoms with van der Waals surface area (Å²) < 4.78 is 10.8. The van der Waals surface area contributed by atoms with Gasteiger partial charge in [0.1, 0.15) is 5.76 Å². The number of furan rings is 1. The van der Waals surface area contributed by atoms with Gasteiger partial charge in [-0.25, -0.2) is 0 Å². The van der Waals surface area contributed by atoms with Crippen molar-refractivity contribution >= 4 is 5.91 Å². The highest BCUT2D eigenvalue weighted by Crippen LogP contribution is 2.37. The van der Waals surface area contributed by atoms with Crippen molar-refractivity contribution < 1.29 is 13.9 Å². The third kappa shape index (κ3) is 1.66. The molecule has 1 aromatic heterocycles. The smallest absolute Gasteiger partial charge is 0.287 e. The van der Waals surface area contributed by atoms with E-state index in [0.717, 1.165) is 18.8 Å². The van der Waals surface area contributed by atoms with E-state index in [1.807, 2.05) is 6.92 Å². The third-order valence-corrected chi connectivity index (χ3v) is 3.71. The number of hydrogen-bond donors (Lipinski definition) is 2. The average molecular weight is 236 g/mol. The first kappa shape index (κ1) is 10.8. The maximum atomic E-state index is 11.9. The summed E-state index contributed by atoms with van der Waals surface area (Å²) in [6.07, 6.45) is 1.09. The molecule has 92 valence electrons. The third-order valence-electron chi connectivity index (χ3n) is 3.71. The minimum atomic E-state index is -0.215. The zero-order valence-electron chi connectivity index (χ0n) is 9.68. The predicted octanol–water partition coefficient (Wildman–Crippen LogP) is 0.432. The number of nitrogens with two attached hydrogens (primary N) is 1. The molecule has 2 aliphatic rings. The maximum absolute atomic E-state index is 11.9. The van der Waals surface area contributed by atoms with Gasteiger partial charge in [-0.3, -0.25) is 4.79 Å². The largest absolute Gasteiger partial charge is 0.456 e. The van der Waals surface area contributed by atoms with E-state index in [0.29, 0.717) is 11.7 Å². The van der Waals surface area contributed by atoms with Gasteiger partial charge >= 0.3 is 0 Å². The Morgan fingerprint density at radius 1 is 1.53 bits per heavy atom. The van der Waals surface area contributed by atoms with E-state index in [4.69, 9.17) is 14.9 Å². The molecule has 1 saturated carbocycles. The molecule has 0 radical (unpaired) electrons. The number of carbonyl (C=O) groups excluding carboxylic acids is 1. The first-order valence-electron chi connectivity index (χ1n) is 5.91. The van der Waals surface area contributed by atoms with Gasteiger partial charge in [0.2, 0.25) is 0 Å². The lowest BCUT2D eigenvalue weighted by atomic mass is 9.72. The van der Waals surface area contributed by atoms with Crippen LogP contribution in [-0.2, 0) is 4.74 Å². The van der Waals surface area contributed by atoms with E-state index in [1.54, 1.807) is 12.1 Å². The first-order valence-corrected chi connectivity index (χ1v) is 5.91. The van der Waals surface area contributed by atoms with E-state index in [-0.39, 0.29) is 24.1 Å². The molecule has 0 spiro atoms. The number of aryl methyl sites for hydroxylation is 1. The van der Waals surface area contributed by atoms with Crippen LogP contribution in [0.3, 0.4) is 0 Å². The fourth-order valence-electron chi connectivity index (χ4n) is 2.71. The van der Waals surface area contributed by atoms with Crippen LogP contribution in [-0.4, -0.2) is 30.7 Å². The van der Waals surface area contributed by atoms with Crippen LogP contribution in [0.15, 0.2) is 16.5 Å². The summed E-state index contributed by atoms with van der Waals surface area (Å²) in [5.41, 5.74) is 6.01. The van der Waals surface area contributed by atoms with Crippen molar-refractivity contribution in [2.24, 2.45) is 11.7 Å². The molecule has 3 N–H and O–H groups in total. The summed E-state index contributed by atoms with van der Waals surface area (Å²) in [4.78, 5) is 11.9. The molecule has 1 amide bonds. The topological polar surface area (TPSA) is 77.5 Å². The zero-order valence-corrected chi connectivity index (χ0v) is 9.68. The van der Waals surface area contributed by atoms with Crippen LogP contribution in [0.4, 0.5) is 0 Å². The van der Waals surface area contributed by atoms with Crippen molar-refractivity contribution in [3.63, 3.8) is 0 Å². The molecule has 0 bridgehead atoms. The second kappa shape index (κ2) is 3.85. The molecule has 1 aliphatic heterocycles. The minimum Gasteiger partial charge on any atom is -0.456 e. The van der Waals surface area contributed by atoms with E-state index in [2.05, 4.69) is 5.32 Å². The molecular weight excluding hydrogens is 220 g/mol. The van der Waals surface area contributed by atoms with Crippen LogP contribution in [0.5, 0.6) is 0 Å². The number of fused-ring (bicyclic) bond motifs is 1. The summed E-state index contributed by atoms with van der Waals surface area (Å²) in [6, 6.07) is 3.36. The molecule has 0 aromatic carbocycles. The molecular formula is C12H16N2O3. The van der Waals surface area contributed by atoms with Crippen LogP contribution in [0.25, 0.3) is 0 Å². The molecule has 2 fully saturated rings. The van der Waals surface area contributed by atoms with Gasteiger partial charge in [0.25, 0.3) is 5.91 Å². The van der Waals surface area contributed by atoms with E-state index >= 15 is 0 Å². The fourth-order valence-corrected chi connectivity index (χ4v) is 2.71. The summed E-state index contributed by atoms with van der Waals surface area (Å²) in [5.74, 6) is 1.24. The quantitative estimate of drug-likeness (QED) is 0.780. The molecule has 17 heavy (non-hydrogen) atoms. The van der Waals surface area contributed by atoms with Gasteiger partial charge in [-0.1, -0.05) is 0 Å². The number of ether oxygens (including phenoxy) is 1. The van der Waals surface area contributed by atoms with Gasteiger partial charge in [-0.05, 0) is 25.5 Å². The van der Waals surface area contributed by atoms with Crippen LogP contribution in [0.2, 0.25) is 0 Å². The number of nitrogens with one attached hydrogen (secondary N) is 1. The number of carbonyl (C=O) groups is 1. The van der Waals surface area contributed by atoms with Gasteiger partial charge in [-0.15, -0.1) is 0 Å². The summed E-state index contributed by atoms with van der Waals surface area (Å²) >= 11 is 0. The molecule has 4 unspecified atom stereocenters. The number of rotatable bonds is 2. The van der Waals surface area contributed by atoms with E-state index < -0.39 is 0 Å². The summed E-state index contributed by atoms with van der Waals surface area (Å²) in [5, 5.41) is 2.88. The Kier molecular flexibility index (Phi) is 2.45. The highest BCUT2D eigenvalue weighted by Gasteiger charge is 2.52. The Morgan fingerprint density at radius 2 is 2.35 bits per heavy atom. The monoisotopic (exact) mass is 236 g/mol. The van der Waals surface area contributed by atoms with Crippen molar-refractivity contribution in [2.75, 3.05) is 6.61 Å². The highest BCUT2D eigenvalue weighted by molar-refractivity contribution is 5.91. The Morgan fingerprint density at radius 3 is 3.06 bits per heavy atom. The Balaban J connectivity index is 1.66.